The number of nitrogens with one attached hydrogen (secondary N) is 2. The molecule has 0 saturated carbocycles. The molecule has 0 aliphatic carbocycles. The topological polar surface area (TPSA) is 111 Å². The minimum Gasteiger partial charge on any atom is -0.435 e. The molecule has 0 atom stereocenters. The van der Waals surface area contributed by atoms with Crippen LogP contribution in [0.15, 0.2) is 67.3 Å². The van der Waals surface area contributed by atoms with Crippen LogP contribution in [-0.2, 0) is 5.75 Å². The third kappa shape index (κ3) is 7.58. The summed E-state index contributed by atoms with van der Waals surface area (Å²) < 4.78 is 37.6. The molecule has 0 amide bonds. The van der Waals surface area contributed by atoms with Gasteiger partial charge in [0.1, 0.15) is 0 Å². The third-order valence-electron chi connectivity index (χ3n) is 5.35. The number of nitrogens with two attached hydrogens (primary N) is 1. The lowest BCUT2D eigenvalue weighted by Crippen LogP contribution is -2.21. The van der Waals surface area contributed by atoms with E-state index in [1.165, 1.54) is 68.8 Å². The zero-order chi connectivity index (χ0) is 25.9. The quantitative estimate of drug-likeness (QED) is 0.266. The van der Waals surface area contributed by atoms with Gasteiger partial charge in [0, 0.05) is 30.5 Å². The Hall–Kier alpha value is -3.83. The first-order valence-electron chi connectivity index (χ1n) is 11.8. The Labute approximate surface area is 218 Å². The van der Waals surface area contributed by atoms with E-state index in [1.807, 2.05) is 12.1 Å². The van der Waals surface area contributed by atoms with Gasteiger partial charge in [-0.25, -0.2) is 19.3 Å². The van der Waals surface area contributed by atoms with E-state index >= 15 is 0 Å². The molecule has 0 unspecified atom stereocenters. The smallest absolute Gasteiger partial charge is 0.228 e. The highest BCUT2D eigenvalue weighted by Crippen LogP contribution is 2.34. The van der Waals surface area contributed by atoms with Crippen molar-refractivity contribution in [2.75, 3.05) is 23.5 Å². The molecule has 3 aromatic heterocycles. The van der Waals surface area contributed by atoms with Crippen LogP contribution in [0.4, 0.5) is 20.4 Å². The molecule has 11 heteroatoms. The minimum absolute atomic E-state index is 0.00808. The molecule has 37 heavy (non-hydrogen) atoms. The number of pyridine rings is 2. The zero-order valence-corrected chi connectivity index (χ0v) is 20.8. The van der Waals surface area contributed by atoms with E-state index in [4.69, 9.17) is 10.5 Å². The second kappa shape index (κ2) is 13.5. The van der Waals surface area contributed by atoms with E-state index < -0.39 is 11.6 Å². The summed E-state index contributed by atoms with van der Waals surface area (Å²) in [6.45, 7) is 2.50. The Morgan fingerprint density at radius 3 is 2.43 bits per heavy atom. The fourth-order valence-corrected chi connectivity index (χ4v) is 4.21. The standard InChI is InChI=1S/C21H16F2N6OS.C5H11N/c22-18-16(29-31-12-13-5-9-25-10-6-13)3-4-17(19(18)23)30-20-14(2-1-8-26-20)15-7-11-27-21(24)28-15;1-2-4-6-5-3-1/h1-11,29H,12H2,(H2,24,27,28);6H,1-5H2. The first-order valence-corrected chi connectivity index (χ1v) is 12.8. The van der Waals surface area contributed by atoms with Crippen LogP contribution < -0.4 is 20.5 Å². The summed E-state index contributed by atoms with van der Waals surface area (Å²) in [4.78, 5) is 16.0. The predicted octanol–water partition coefficient (Wildman–Crippen LogP) is 5.61. The van der Waals surface area contributed by atoms with Crippen molar-refractivity contribution in [3.05, 3.63) is 84.4 Å². The van der Waals surface area contributed by atoms with Gasteiger partial charge in [0.05, 0.1) is 16.9 Å². The Morgan fingerprint density at radius 1 is 0.919 bits per heavy atom. The fraction of sp³-hybridized carbons (Fsp3) is 0.231. The molecule has 1 aliphatic rings. The number of hydrogen-bond donors (Lipinski definition) is 3. The zero-order valence-electron chi connectivity index (χ0n) is 20.0. The molecule has 0 spiro atoms. The van der Waals surface area contributed by atoms with E-state index in [2.05, 4.69) is 30.0 Å². The van der Waals surface area contributed by atoms with Crippen LogP contribution >= 0.6 is 11.9 Å². The molecule has 4 aromatic rings. The molecule has 4 heterocycles. The number of ether oxygens (including phenoxy) is 1. The van der Waals surface area contributed by atoms with Crippen LogP contribution in [0.25, 0.3) is 11.3 Å². The lowest BCUT2D eigenvalue weighted by molar-refractivity contribution is 0.408. The molecule has 1 aliphatic heterocycles. The highest BCUT2D eigenvalue weighted by atomic mass is 32.2. The lowest BCUT2D eigenvalue weighted by atomic mass is 10.2. The summed E-state index contributed by atoms with van der Waals surface area (Å²) in [6.07, 6.45) is 10.5. The maximum atomic E-state index is 14.7. The molecule has 1 fully saturated rings. The van der Waals surface area contributed by atoms with Gasteiger partial charge in [-0.2, -0.15) is 4.39 Å². The molecule has 8 nitrogen and oxygen atoms in total. The maximum Gasteiger partial charge on any atom is 0.228 e. The largest absolute Gasteiger partial charge is 0.435 e. The number of halogens is 2. The molecule has 1 saturated heterocycles. The van der Waals surface area contributed by atoms with Crippen molar-refractivity contribution in [2.24, 2.45) is 0 Å². The number of nitrogen functional groups attached to an aromatic ring is 1. The van der Waals surface area contributed by atoms with Gasteiger partial charge in [0.25, 0.3) is 0 Å². The molecule has 0 bridgehead atoms. The molecular weight excluding hydrogens is 496 g/mol. The Kier molecular flexibility index (Phi) is 9.55. The number of piperidine rings is 1. The molecular formula is C26H27F2N7OS. The van der Waals surface area contributed by atoms with E-state index in [0.29, 0.717) is 17.0 Å². The normalized spacial score (nSPS) is 12.8. The maximum absolute atomic E-state index is 14.7. The van der Waals surface area contributed by atoms with Crippen molar-refractivity contribution >= 4 is 23.6 Å². The lowest BCUT2D eigenvalue weighted by Gasteiger charge is -2.12. The second-order valence-corrected chi connectivity index (χ2v) is 8.84. The van der Waals surface area contributed by atoms with Gasteiger partial charge >= 0.3 is 0 Å². The number of anilines is 2. The first kappa shape index (κ1) is 26.2. The molecule has 5 rings (SSSR count). The van der Waals surface area contributed by atoms with Crippen LogP contribution in [-0.4, -0.2) is 33.0 Å². The van der Waals surface area contributed by atoms with Crippen molar-refractivity contribution in [1.82, 2.24) is 25.3 Å². The van der Waals surface area contributed by atoms with Crippen LogP contribution in [0.1, 0.15) is 24.8 Å². The fourth-order valence-electron chi connectivity index (χ4n) is 3.46. The van der Waals surface area contributed by atoms with E-state index in [-0.39, 0.29) is 23.3 Å². The van der Waals surface area contributed by atoms with Crippen molar-refractivity contribution in [2.45, 2.75) is 25.0 Å². The summed E-state index contributed by atoms with van der Waals surface area (Å²) >= 11 is 1.23. The molecule has 0 radical (unpaired) electrons. The Balaban J connectivity index is 0.000000469. The van der Waals surface area contributed by atoms with Gasteiger partial charge in [-0.05, 0) is 85.9 Å². The van der Waals surface area contributed by atoms with Gasteiger partial charge in [0.2, 0.25) is 17.6 Å². The number of aromatic nitrogens is 4. The molecule has 4 N–H and O–H groups in total. The predicted molar refractivity (Wildman–Crippen MR) is 142 cm³/mol. The van der Waals surface area contributed by atoms with E-state index in [9.17, 15) is 8.78 Å². The molecule has 1 aromatic carbocycles. The summed E-state index contributed by atoms with van der Waals surface area (Å²) in [7, 11) is 0. The number of nitrogens with zero attached hydrogens (tertiary/aromatic N) is 4. The molecule has 192 valence electrons. The van der Waals surface area contributed by atoms with E-state index in [0.717, 1.165) is 5.56 Å². The number of benzene rings is 1. The summed E-state index contributed by atoms with van der Waals surface area (Å²) in [5, 5.41) is 3.28. The van der Waals surface area contributed by atoms with Crippen molar-refractivity contribution in [3.8, 4) is 22.9 Å². The van der Waals surface area contributed by atoms with Crippen molar-refractivity contribution in [1.29, 1.82) is 0 Å². The van der Waals surface area contributed by atoms with E-state index in [1.54, 1.807) is 30.6 Å². The first-order chi connectivity index (χ1) is 18.1. The highest BCUT2D eigenvalue weighted by Gasteiger charge is 2.18. The van der Waals surface area contributed by atoms with Gasteiger partial charge in [0.15, 0.2) is 11.6 Å². The number of hydrogen-bond acceptors (Lipinski definition) is 9. The highest BCUT2D eigenvalue weighted by molar-refractivity contribution is 7.99. The summed E-state index contributed by atoms with van der Waals surface area (Å²) in [5.41, 5.74) is 7.55. The average Bonchev–Trinajstić information content (AvgIpc) is 2.95. The van der Waals surface area contributed by atoms with Crippen molar-refractivity contribution in [3.63, 3.8) is 0 Å². The Bertz CT molecular complexity index is 1280. The van der Waals surface area contributed by atoms with Gasteiger partial charge in [-0.15, -0.1) is 0 Å². The monoisotopic (exact) mass is 523 g/mol. The minimum atomic E-state index is -1.13. The summed E-state index contributed by atoms with van der Waals surface area (Å²) in [6, 6.07) is 11.4. The SMILES string of the molecule is C1CCNCC1.Nc1nccc(-c2cccnc2Oc2ccc(NSCc3ccncc3)c(F)c2F)n1. The van der Waals surface area contributed by atoms with Crippen LogP contribution in [0.3, 0.4) is 0 Å². The van der Waals surface area contributed by atoms with Gasteiger partial charge in [-0.1, -0.05) is 6.42 Å². The Morgan fingerprint density at radius 2 is 1.73 bits per heavy atom. The van der Waals surface area contributed by atoms with Crippen LogP contribution in [0.2, 0.25) is 0 Å². The van der Waals surface area contributed by atoms with Crippen LogP contribution in [0.5, 0.6) is 11.6 Å². The summed E-state index contributed by atoms with van der Waals surface area (Å²) in [5.74, 6) is -1.79. The van der Waals surface area contributed by atoms with Crippen molar-refractivity contribution < 1.29 is 13.5 Å². The number of rotatable bonds is 7. The van der Waals surface area contributed by atoms with Gasteiger partial charge in [-0.3, -0.25) is 4.98 Å². The second-order valence-electron chi connectivity index (χ2n) is 8.05. The average molecular weight is 524 g/mol. The van der Waals surface area contributed by atoms with Gasteiger partial charge < -0.3 is 20.5 Å². The van der Waals surface area contributed by atoms with Crippen LogP contribution in [0, 0.1) is 11.6 Å². The third-order valence-corrected chi connectivity index (χ3v) is 6.19.